The summed E-state index contributed by atoms with van der Waals surface area (Å²) in [4.78, 5) is 10.7. The number of halogens is 1. The van der Waals surface area contributed by atoms with Crippen molar-refractivity contribution in [2.24, 2.45) is 5.92 Å². The number of carbonyl (C=O) groups is 1. The smallest absolute Gasteiger partial charge is 0.229 e. The standard InChI is InChI=1S/C8H16INO/c1-7(2)4-3-5-10-8(11)6-9/h7H,3-6H2,1-2H3,(H,10,11). The van der Waals surface area contributed by atoms with E-state index in [-0.39, 0.29) is 5.91 Å². The zero-order chi connectivity index (χ0) is 8.69. The number of carbonyl (C=O) groups excluding carboxylic acids is 1. The van der Waals surface area contributed by atoms with Crippen molar-refractivity contribution in [3.8, 4) is 0 Å². The molecule has 1 amide bonds. The fourth-order valence-corrected chi connectivity index (χ4v) is 1.06. The largest absolute Gasteiger partial charge is 0.355 e. The molecule has 0 aliphatic heterocycles. The summed E-state index contributed by atoms with van der Waals surface area (Å²) in [5, 5.41) is 2.84. The first-order valence-corrected chi connectivity index (χ1v) is 5.52. The Morgan fingerprint density at radius 1 is 1.55 bits per heavy atom. The van der Waals surface area contributed by atoms with Crippen LogP contribution in [-0.2, 0) is 4.79 Å². The van der Waals surface area contributed by atoms with Crippen LogP contribution in [0.2, 0.25) is 0 Å². The van der Waals surface area contributed by atoms with Gasteiger partial charge in [-0.25, -0.2) is 0 Å². The van der Waals surface area contributed by atoms with Crippen molar-refractivity contribution in [2.45, 2.75) is 26.7 Å². The van der Waals surface area contributed by atoms with Crippen LogP contribution in [0.1, 0.15) is 26.7 Å². The van der Waals surface area contributed by atoms with Crippen LogP contribution in [0.15, 0.2) is 0 Å². The van der Waals surface area contributed by atoms with Crippen molar-refractivity contribution >= 4 is 28.5 Å². The lowest BCUT2D eigenvalue weighted by Gasteiger charge is -2.04. The molecule has 1 N–H and O–H groups in total. The van der Waals surface area contributed by atoms with Crippen molar-refractivity contribution in [3.63, 3.8) is 0 Å². The fourth-order valence-electron chi connectivity index (χ4n) is 0.785. The maximum absolute atomic E-state index is 10.7. The maximum atomic E-state index is 10.7. The van der Waals surface area contributed by atoms with Gasteiger partial charge in [0.05, 0.1) is 4.43 Å². The van der Waals surface area contributed by atoms with E-state index < -0.39 is 0 Å². The van der Waals surface area contributed by atoms with E-state index in [0.717, 1.165) is 18.9 Å². The molecule has 0 heterocycles. The highest BCUT2D eigenvalue weighted by atomic mass is 127. The average Bonchev–Trinajstić information content (AvgIpc) is 1.97. The molecule has 0 aliphatic carbocycles. The molecule has 0 aromatic rings. The SMILES string of the molecule is CC(C)CCCNC(=O)CI. The fraction of sp³-hybridized carbons (Fsp3) is 0.875. The molecule has 0 radical (unpaired) electrons. The summed E-state index contributed by atoms with van der Waals surface area (Å²) in [5.41, 5.74) is 0. The van der Waals surface area contributed by atoms with E-state index in [0.29, 0.717) is 4.43 Å². The van der Waals surface area contributed by atoms with Crippen LogP contribution in [0.25, 0.3) is 0 Å². The van der Waals surface area contributed by atoms with Crippen molar-refractivity contribution in [3.05, 3.63) is 0 Å². The molecule has 66 valence electrons. The van der Waals surface area contributed by atoms with Gasteiger partial charge in [0, 0.05) is 6.54 Å². The Morgan fingerprint density at radius 2 is 2.18 bits per heavy atom. The summed E-state index contributed by atoms with van der Waals surface area (Å²) in [7, 11) is 0. The van der Waals surface area contributed by atoms with Gasteiger partial charge in [0.15, 0.2) is 0 Å². The number of alkyl halides is 1. The lowest BCUT2D eigenvalue weighted by molar-refractivity contribution is -0.118. The van der Waals surface area contributed by atoms with Gasteiger partial charge in [-0.2, -0.15) is 0 Å². The zero-order valence-electron chi connectivity index (χ0n) is 7.19. The van der Waals surface area contributed by atoms with Crippen molar-refractivity contribution in [2.75, 3.05) is 11.0 Å². The third kappa shape index (κ3) is 8.10. The van der Waals surface area contributed by atoms with E-state index in [4.69, 9.17) is 0 Å². The Balaban J connectivity index is 3.08. The molecule has 2 nitrogen and oxygen atoms in total. The summed E-state index contributed by atoms with van der Waals surface area (Å²) < 4.78 is 0.569. The van der Waals surface area contributed by atoms with Crippen molar-refractivity contribution < 1.29 is 4.79 Å². The Bertz CT molecular complexity index is 115. The predicted molar refractivity (Wildman–Crippen MR) is 56.0 cm³/mol. The van der Waals surface area contributed by atoms with E-state index >= 15 is 0 Å². The predicted octanol–water partition coefficient (Wildman–Crippen LogP) is 1.97. The van der Waals surface area contributed by atoms with Crippen LogP contribution >= 0.6 is 22.6 Å². The molecule has 11 heavy (non-hydrogen) atoms. The van der Waals surface area contributed by atoms with Crippen LogP contribution in [0, 0.1) is 5.92 Å². The van der Waals surface area contributed by atoms with E-state index in [9.17, 15) is 4.79 Å². The highest BCUT2D eigenvalue weighted by molar-refractivity contribution is 14.1. The van der Waals surface area contributed by atoms with Gasteiger partial charge < -0.3 is 5.32 Å². The molecule has 0 saturated carbocycles. The lowest BCUT2D eigenvalue weighted by Crippen LogP contribution is -2.25. The van der Waals surface area contributed by atoms with Crippen LogP contribution in [0.5, 0.6) is 0 Å². The second kappa shape index (κ2) is 6.88. The Kier molecular flexibility index (Phi) is 7.01. The highest BCUT2D eigenvalue weighted by Crippen LogP contribution is 2.01. The molecule has 0 rings (SSSR count). The van der Waals surface area contributed by atoms with E-state index in [1.807, 2.05) is 0 Å². The molecule has 3 heteroatoms. The van der Waals surface area contributed by atoms with Gasteiger partial charge in [-0.15, -0.1) is 0 Å². The second-order valence-electron chi connectivity index (χ2n) is 3.02. The summed E-state index contributed by atoms with van der Waals surface area (Å²) in [6.07, 6.45) is 2.29. The van der Waals surface area contributed by atoms with Gasteiger partial charge >= 0.3 is 0 Å². The minimum Gasteiger partial charge on any atom is -0.355 e. The Labute approximate surface area is 82.3 Å². The number of hydrogen-bond acceptors (Lipinski definition) is 1. The van der Waals surface area contributed by atoms with E-state index in [1.165, 1.54) is 6.42 Å². The number of amides is 1. The maximum Gasteiger partial charge on any atom is 0.229 e. The molecule has 0 saturated heterocycles. The molecule has 0 fully saturated rings. The second-order valence-corrected chi connectivity index (χ2v) is 3.78. The number of rotatable bonds is 5. The van der Waals surface area contributed by atoms with Gasteiger partial charge in [-0.3, -0.25) is 4.79 Å². The zero-order valence-corrected chi connectivity index (χ0v) is 9.35. The molecule has 0 bridgehead atoms. The van der Waals surface area contributed by atoms with Gasteiger partial charge in [-0.05, 0) is 18.8 Å². The van der Waals surface area contributed by atoms with Crippen molar-refractivity contribution in [1.82, 2.24) is 5.32 Å². The minimum atomic E-state index is 0.148. The van der Waals surface area contributed by atoms with Crippen LogP contribution < -0.4 is 5.32 Å². The molecule has 0 unspecified atom stereocenters. The lowest BCUT2D eigenvalue weighted by atomic mass is 10.1. The molecule has 0 aromatic heterocycles. The van der Waals surface area contributed by atoms with Crippen molar-refractivity contribution in [1.29, 1.82) is 0 Å². The molecule has 0 atom stereocenters. The normalized spacial score (nSPS) is 10.2. The number of hydrogen-bond donors (Lipinski definition) is 1. The van der Waals surface area contributed by atoms with Gasteiger partial charge in [0.25, 0.3) is 0 Å². The third-order valence-electron chi connectivity index (χ3n) is 1.40. The summed E-state index contributed by atoms with van der Waals surface area (Å²) in [6.45, 7) is 5.22. The van der Waals surface area contributed by atoms with Crippen LogP contribution in [-0.4, -0.2) is 16.9 Å². The molecular formula is C8H16INO. The molecule has 0 aliphatic rings. The first-order chi connectivity index (χ1) is 5.16. The van der Waals surface area contributed by atoms with Gasteiger partial charge in [0.1, 0.15) is 0 Å². The van der Waals surface area contributed by atoms with E-state index in [2.05, 4.69) is 41.8 Å². The van der Waals surface area contributed by atoms with Crippen LogP contribution in [0.3, 0.4) is 0 Å². The molecule has 0 spiro atoms. The Morgan fingerprint density at radius 3 is 2.64 bits per heavy atom. The summed E-state index contributed by atoms with van der Waals surface area (Å²) >= 11 is 2.07. The van der Waals surface area contributed by atoms with E-state index in [1.54, 1.807) is 0 Å². The summed E-state index contributed by atoms with van der Waals surface area (Å²) in [6, 6.07) is 0. The van der Waals surface area contributed by atoms with Crippen LogP contribution in [0.4, 0.5) is 0 Å². The minimum absolute atomic E-state index is 0.148. The first kappa shape index (κ1) is 11.2. The Hall–Kier alpha value is 0.200. The molecular weight excluding hydrogens is 253 g/mol. The highest BCUT2D eigenvalue weighted by Gasteiger charge is 1.97. The first-order valence-electron chi connectivity index (χ1n) is 3.99. The quantitative estimate of drug-likeness (QED) is 0.461. The molecule has 0 aromatic carbocycles. The van der Waals surface area contributed by atoms with Gasteiger partial charge in [-0.1, -0.05) is 36.4 Å². The third-order valence-corrected chi connectivity index (χ3v) is 2.09. The monoisotopic (exact) mass is 269 g/mol. The summed E-state index contributed by atoms with van der Waals surface area (Å²) in [5.74, 6) is 0.890. The number of nitrogens with one attached hydrogen (secondary N) is 1. The topological polar surface area (TPSA) is 29.1 Å². The van der Waals surface area contributed by atoms with Gasteiger partial charge in [0.2, 0.25) is 5.91 Å². The average molecular weight is 269 g/mol.